The van der Waals surface area contributed by atoms with Crippen LogP contribution in [0, 0.1) is 13.8 Å². The van der Waals surface area contributed by atoms with E-state index in [0.717, 1.165) is 51.0 Å². The van der Waals surface area contributed by atoms with Gasteiger partial charge in [-0.15, -0.1) is 0 Å². The lowest BCUT2D eigenvalue weighted by molar-refractivity contribution is -0.140. The van der Waals surface area contributed by atoms with E-state index in [1.807, 2.05) is 20.0 Å². The third-order valence-electron chi connectivity index (χ3n) is 8.54. The Hall–Kier alpha value is -4.24. The molecule has 3 N–H and O–H groups in total. The highest BCUT2D eigenvalue weighted by Crippen LogP contribution is 2.36. The molecule has 42 heavy (non-hydrogen) atoms. The molecule has 8 bridgehead atoms. The molecule has 5 rings (SSSR count). The van der Waals surface area contributed by atoms with E-state index in [-0.39, 0.29) is 12.3 Å². The van der Waals surface area contributed by atoms with Crippen molar-refractivity contribution in [3.8, 4) is 0 Å². The third-order valence-corrected chi connectivity index (χ3v) is 8.54. The van der Waals surface area contributed by atoms with Gasteiger partial charge in [-0.05, 0) is 86.7 Å². The van der Waals surface area contributed by atoms with Crippen LogP contribution in [0.3, 0.4) is 0 Å². The molecule has 2 aliphatic rings. The number of nitrogens with one attached hydrogen (secondary N) is 3. The molecule has 1 atom stereocenters. The molecule has 0 radical (unpaired) electrons. The van der Waals surface area contributed by atoms with E-state index in [4.69, 9.17) is 19.4 Å². The predicted octanol–water partition coefficient (Wildman–Crippen LogP) is 5.38. The summed E-state index contributed by atoms with van der Waals surface area (Å²) in [5, 5.41) is 3.31. The number of nitrogens with zero attached hydrogens (tertiary/aromatic N) is 2. The van der Waals surface area contributed by atoms with Crippen LogP contribution in [0.25, 0.3) is 33.2 Å². The number of ether oxygens (including phenoxy) is 2. The van der Waals surface area contributed by atoms with E-state index in [2.05, 4.69) is 55.1 Å². The summed E-state index contributed by atoms with van der Waals surface area (Å²) in [6.45, 7) is 11.1. The fourth-order valence-corrected chi connectivity index (χ4v) is 6.07. The summed E-state index contributed by atoms with van der Waals surface area (Å²) in [6.07, 6.45) is 1.36. The van der Waals surface area contributed by atoms with Crippen LogP contribution in [0.5, 0.6) is 0 Å². The van der Waals surface area contributed by atoms with Gasteiger partial charge in [0.2, 0.25) is 0 Å². The molecule has 0 saturated carbocycles. The summed E-state index contributed by atoms with van der Waals surface area (Å²) in [6, 6.07) is 6.26. The summed E-state index contributed by atoms with van der Waals surface area (Å²) in [7, 11) is 4.66. The predicted molar refractivity (Wildman–Crippen MR) is 165 cm³/mol. The van der Waals surface area contributed by atoms with Crippen molar-refractivity contribution in [2.24, 2.45) is 0 Å². The molecule has 9 nitrogen and oxygen atoms in total. The Balaban J connectivity index is 2.01. The molecule has 0 aromatic carbocycles. The Kier molecular flexibility index (Phi) is 8.06. The number of aryl methyl sites for hydroxylation is 3. The van der Waals surface area contributed by atoms with E-state index < -0.39 is 11.9 Å². The minimum atomic E-state index is -0.504. The highest BCUT2D eigenvalue weighted by Gasteiger charge is 2.30. The Morgan fingerprint density at radius 2 is 1.60 bits per heavy atom. The lowest BCUT2D eigenvalue weighted by Gasteiger charge is -2.09. The van der Waals surface area contributed by atoms with Gasteiger partial charge in [-0.25, -0.2) is 9.78 Å². The first-order valence-electron chi connectivity index (χ1n) is 14.4. The molecule has 3 aromatic heterocycles. The number of aromatic amines is 2. The monoisotopic (exact) mass is 569 g/mol. The molecule has 5 heterocycles. The number of fused-ring (bicyclic) bond motifs is 8. The smallest absolute Gasteiger partial charge is 0.340 e. The lowest BCUT2D eigenvalue weighted by Crippen LogP contribution is -2.12. The number of hydrogen-bond donors (Lipinski definition) is 3. The van der Waals surface area contributed by atoms with Gasteiger partial charge in [0.1, 0.15) is 0 Å². The Morgan fingerprint density at radius 3 is 2.24 bits per heavy atom. The van der Waals surface area contributed by atoms with Crippen LogP contribution >= 0.6 is 0 Å². The molecule has 0 spiro atoms. The van der Waals surface area contributed by atoms with Crippen LogP contribution in [-0.4, -0.2) is 53.1 Å². The molecule has 3 aromatic rings. The standard InChI is InChI=1S/C33H39N5O4/c1-9-20-17(3)25-13-29-22(15-34-6)18(4)24(37-29)12-23-16(2)10-27(35-23)21(11-30(39)41-7)32-31(33(40)42-8)19(5)26(38-32)14-28(20)36-25/h12-14,16,34,36-37H,9-11,15H2,1-8H3. The van der Waals surface area contributed by atoms with Crippen LogP contribution in [0.1, 0.15) is 77.3 Å². The summed E-state index contributed by atoms with van der Waals surface area (Å²) in [5.74, 6) is -0.838. The van der Waals surface area contributed by atoms with Gasteiger partial charge in [0.25, 0.3) is 0 Å². The quantitative estimate of drug-likeness (QED) is 0.341. The van der Waals surface area contributed by atoms with Gasteiger partial charge >= 0.3 is 11.9 Å². The summed E-state index contributed by atoms with van der Waals surface area (Å²) in [4.78, 5) is 43.2. The number of carbonyl (C=O) groups excluding carboxylic acids is 2. The summed E-state index contributed by atoms with van der Waals surface area (Å²) < 4.78 is 10.3. The molecular formula is C33H39N5O4. The van der Waals surface area contributed by atoms with Gasteiger partial charge < -0.3 is 24.8 Å². The van der Waals surface area contributed by atoms with Crippen LogP contribution in [0.2, 0.25) is 0 Å². The lowest BCUT2D eigenvalue weighted by atomic mass is 9.97. The Labute approximate surface area is 245 Å². The first-order chi connectivity index (χ1) is 20.1. The number of aromatic nitrogens is 4. The maximum atomic E-state index is 13.2. The maximum absolute atomic E-state index is 13.2. The number of methoxy groups -OCH3 is 2. The first-order valence-corrected chi connectivity index (χ1v) is 14.4. The second kappa shape index (κ2) is 11.6. The largest absolute Gasteiger partial charge is 0.469 e. The van der Waals surface area contributed by atoms with E-state index in [0.29, 0.717) is 41.1 Å². The van der Waals surface area contributed by atoms with Crippen molar-refractivity contribution in [3.63, 3.8) is 0 Å². The zero-order valence-electron chi connectivity index (χ0n) is 25.7. The van der Waals surface area contributed by atoms with Crippen molar-refractivity contribution in [1.82, 2.24) is 25.3 Å². The highest BCUT2D eigenvalue weighted by atomic mass is 16.5. The zero-order chi connectivity index (χ0) is 30.3. The number of esters is 2. The van der Waals surface area contributed by atoms with Gasteiger partial charge in [0.05, 0.1) is 37.6 Å². The number of allylic oxidation sites excluding steroid dienone is 1. The number of carbonyl (C=O) groups is 2. The van der Waals surface area contributed by atoms with Crippen molar-refractivity contribution >= 4 is 45.2 Å². The van der Waals surface area contributed by atoms with E-state index in [1.165, 1.54) is 25.3 Å². The zero-order valence-corrected chi connectivity index (χ0v) is 25.7. The molecule has 0 fully saturated rings. The normalized spacial score (nSPS) is 14.8. The molecule has 9 heteroatoms. The van der Waals surface area contributed by atoms with Crippen LogP contribution in [0.15, 0.2) is 18.2 Å². The van der Waals surface area contributed by atoms with E-state index in [1.54, 1.807) is 0 Å². The van der Waals surface area contributed by atoms with Gasteiger partial charge in [-0.2, -0.15) is 0 Å². The third kappa shape index (κ3) is 5.02. The first kappa shape index (κ1) is 29.3. The van der Waals surface area contributed by atoms with E-state index >= 15 is 0 Å². The van der Waals surface area contributed by atoms with Crippen molar-refractivity contribution in [3.05, 3.63) is 68.8 Å². The second-order valence-corrected chi connectivity index (χ2v) is 11.1. The maximum Gasteiger partial charge on any atom is 0.340 e. The van der Waals surface area contributed by atoms with E-state index in [9.17, 15) is 9.59 Å². The average molecular weight is 570 g/mol. The van der Waals surface area contributed by atoms with Crippen LogP contribution in [0.4, 0.5) is 0 Å². The fourth-order valence-electron chi connectivity index (χ4n) is 6.07. The van der Waals surface area contributed by atoms with Crippen molar-refractivity contribution < 1.29 is 19.1 Å². The van der Waals surface area contributed by atoms with Crippen LogP contribution < -0.4 is 5.32 Å². The summed E-state index contributed by atoms with van der Waals surface area (Å²) in [5.41, 5.74) is 12.9. The topological polar surface area (TPSA) is 122 Å². The molecule has 0 amide bonds. The van der Waals surface area contributed by atoms with Gasteiger partial charge in [0.15, 0.2) is 0 Å². The van der Waals surface area contributed by atoms with Gasteiger partial charge in [0, 0.05) is 51.5 Å². The van der Waals surface area contributed by atoms with Crippen molar-refractivity contribution in [2.75, 3.05) is 21.3 Å². The van der Waals surface area contributed by atoms with Crippen molar-refractivity contribution in [2.45, 2.75) is 66.3 Å². The number of H-pyrrole nitrogens is 2. The SMILES string of the molecule is CCc1c(C)c2cc3[nH]c(cc4nc(c(CC(=O)OC)c5nc(cc1[nH]2)C(C)=C5C(=O)OC)CC4C)c(C)c3CNC. The van der Waals surface area contributed by atoms with Crippen LogP contribution in [-0.2, 0) is 44.9 Å². The molecule has 1 unspecified atom stereocenters. The number of hydrogen-bond acceptors (Lipinski definition) is 7. The van der Waals surface area contributed by atoms with Crippen molar-refractivity contribution in [1.29, 1.82) is 0 Å². The van der Waals surface area contributed by atoms with Gasteiger partial charge in [-0.3, -0.25) is 9.78 Å². The van der Waals surface area contributed by atoms with Gasteiger partial charge in [-0.1, -0.05) is 13.8 Å². The fraction of sp³-hybridized carbons (Fsp3) is 0.394. The second-order valence-electron chi connectivity index (χ2n) is 11.1. The Morgan fingerprint density at radius 1 is 0.929 bits per heavy atom. The summed E-state index contributed by atoms with van der Waals surface area (Å²) >= 11 is 0. The average Bonchev–Trinajstić information content (AvgIpc) is 3.67. The molecular weight excluding hydrogens is 530 g/mol. The Bertz CT molecular complexity index is 1790. The number of rotatable bonds is 6. The molecule has 0 saturated heterocycles. The molecule has 220 valence electrons. The highest BCUT2D eigenvalue weighted by molar-refractivity contribution is 6.25. The molecule has 0 aliphatic carbocycles. The minimum absolute atomic E-state index is 0.0614. The minimum Gasteiger partial charge on any atom is -0.469 e. The molecule has 2 aliphatic heterocycles.